The van der Waals surface area contributed by atoms with E-state index in [1.165, 1.54) is 0 Å². The summed E-state index contributed by atoms with van der Waals surface area (Å²) in [6.45, 7) is 3.65. The topological polar surface area (TPSA) is 50.8 Å². The van der Waals surface area contributed by atoms with E-state index < -0.39 is 29.3 Å². The van der Waals surface area contributed by atoms with E-state index in [-0.39, 0.29) is 10.0 Å². The van der Waals surface area contributed by atoms with Gasteiger partial charge in [0, 0.05) is 18.7 Å². The Bertz CT molecular complexity index is 1280. The van der Waals surface area contributed by atoms with Crippen LogP contribution in [0.25, 0.3) is 11.1 Å². The highest BCUT2D eigenvalue weighted by atomic mass is 35.5. The molecule has 0 radical (unpaired) electrons. The molecule has 1 saturated heterocycles. The van der Waals surface area contributed by atoms with E-state index in [1.807, 2.05) is 42.5 Å². The van der Waals surface area contributed by atoms with Gasteiger partial charge in [-0.1, -0.05) is 65.7 Å². The lowest BCUT2D eigenvalue weighted by atomic mass is 9.90. The average Bonchev–Trinajstić information content (AvgIpc) is 2.93. The first-order valence-corrected chi connectivity index (χ1v) is 13.3. The van der Waals surface area contributed by atoms with Crippen LogP contribution in [0.4, 0.5) is 18.9 Å². The molecular weight excluding hydrogens is 552 g/mol. The summed E-state index contributed by atoms with van der Waals surface area (Å²) in [5, 5.41) is 2.15. The summed E-state index contributed by atoms with van der Waals surface area (Å²) in [7, 11) is 1.55. The van der Waals surface area contributed by atoms with Crippen molar-refractivity contribution < 1.29 is 27.4 Å². The maximum Gasteiger partial charge on any atom is 0.418 e. The lowest BCUT2D eigenvalue weighted by molar-refractivity contribution is -0.137. The highest BCUT2D eigenvalue weighted by Gasteiger charge is 2.35. The first-order chi connectivity index (χ1) is 18.7. The largest absolute Gasteiger partial charge is 0.496 e. The van der Waals surface area contributed by atoms with E-state index in [1.54, 1.807) is 13.2 Å². The number of ether oxygens (including phenoxy) is 2. The molecule has 3 aromatic carbocycles. The second kappa shape index (κ2) is 13.0. The number of halogens is 5. The van der Waals surface area contributed by atoms with Gasteiger partial charge in [-0.2, -0.15) is 13.2 Å². The summed E-state index contributed by atoms with van der Waals surface area (Å²) < 4.78 is 52.3. The van der Waals surface area contributed by atoms with Crippen molar-refractivity contribution >= 4 is 34.8 Å². The van der Waals surface area contributed by atoms with Crippen molar-refractivity contribution in [3.63, 3.8) is 0 Å². The molecule has 1 aliphatic rings. The number of alkyl halides is 3. The Kier molecular flexibility index (Phi) is 9.77. The Balaban J connectivity index is 1.64. The van der Waals surface area contributed by atoms with E-state index in [0.717, 1.165) is 42.9 Å². The number of morpholine rings is 1. The fraction of sp³-hybridized carbons (Fsp3) is 0.345. The predicted molar refractivity (Wildman–Crippen MR) is 148 cm³/mol. The van der Waals surface area contributed by atoms with Crippen molar-refractivity contribution in [1.82, 2.24) is 4.90 Å². The summed E-state index contributed by atoms with van der Waals surface area (Å²) in [5.41, 5.74) is 0.930. The third-order valence-corrected chi connectivity index (χ3v) is 7.45. The van der Waals surface area contributed by atoms with Crippen LogP contribution in [0.3, 0.4) is 0 Å². The van der Waals surface area contributed by atoms with Crippen LogP contribution in [0.5, 0.6) is 5.75 Å². The molecular formula is C29H29Cl2F3N2O3. The molecule has 10 heteroatoms. The van der Waals surface area contributed by atoms with Crippen LogP contribution in [-0.2, 0) is 15.7 Å². The minimum absolute atomic E-state index is 0.0854. The maximum atomic E-state index is 13.8. The molecule has 1 unspecified atom stereocenters. The molecule has 4 rings (SSSR count). The molecule has 1 atom stereocenters. The van der Waals surface area contributed by atoms with Crippen LogP contribution >= 0.6 is 23.2 Å². The van der Waals surface area contributed by atoms with E-state index >= 15 is 0 Å². The monoisotopic (exact) mass is 580 g/mol. The number of rotatable bonds is 9. The average molecular weight is 581 g/mol. The second-order valence-electron chi connectivity index (χ2n) is 9.27. The van der Waals surface area contributed by atoms with Gasteiger partial charge < -0.3 is 14.8 Å². The molecule has 0 saturated carbocycles. The third-order valence-electron chi connectivity index (χ3n) is 6.72. The molecule has 208 valence electrons. The summed E-state index contributed by atoms with van der Waals surface area (Å²) in [4.78, 5) is 15.8. The van der Waals surface area contributed by atoms with Gasteiger partial charge in [-0.3, -0.25) is 9.69 Å². The zero-order valence-electron chi connectivity index (χ0n) is 21.4. The van der Waals surface area contributed by atoms with Crippen molar-refractivity contribution in [2.45, 2.75) is 24.9 Å². The van der Waals surface area contributed by atoms with Crippen LogP contribution in [0.15, 0.2) is 60.7 Å². The summed E-state index contributed by atoms with van der Waals surface area (Å²) in [5.74, 6) is -0.745. The first-order valence-electron chi connectivity index (χ1n) is 12.6. The van der Waals surface area contributed by atoms with Gasteiger partial charge in [-0.25, -0.2) is 0 Å². The molecule has 0 spiro atoms. The summed E-state index contributed by atoms with van der Waals surface area (Å²) >= 11 is 11.9. The Morgan fingerprint density at radius 3 is 2.41 bits per heavy atom. The number of carbonyl (C=O) groups excluding carboxylic acids is 1. The molecule has 1 aliphatic heterocycles. The number of hydrogen-bond donors (Lipinski definition) is 1. The molecule has 3 aromatic rings. The molecule has 0 bridgehead atoms. The smallest absolute Gasteiger partial charge is 0.418 e. The number of nitrogens with zero attached hydrogens (tertiary/aromatic N) is 1. The van der Waals surface area contributed by atoms with Crippen LogP contribution < -0.4 is 10.1 Å². The third kappa shape index (κ3) is 7.45. The Hall–Kier alpha value is -2.78. The highest BCUT2D eigenvalue weighted by Crippen LogP contribution is 2.40. The molecule has 39 heavy (non-hydrogen) atoms. The SMILES string of the molecule is COc1cc(C(CCCN2CCOCC2)C(=O)Nc2cc(Cl)c(Cl)cc2C(F)(F)F)ccc1-c1ccccc1. The normalized spacial score (nSPS) is 15.1. The zero-order chi connectivity index (χ0) is 28.0. The van der Waals surface area contributed by atoms with Crippen molar-refractivity contribution in [3.05, 3.63) is 81.8 Å². The van der Waals surface area contributed by atoms with Gasteiger partial charge in [0.25, 0.3) is 0 Å². The van der Waals surface area contributed by atoms with E-state index in [2.05, 4.69) is 10.2 Å². The van der Waals surface area contributed by atoms with Gasteiger partial charge in [0.05, 0.1) is 47.5 Å². The predicted octanol–water partition coefficient (Wildman–Crippen LogP) is 7.52. The van der Waals surface area contributed by atoms with Gasteiger partial charge in [0.15, 0.2) is 0 Å². The van der Waals surface area contributed by atoms with Gasteiger partial charge in [0.1, 0.15) is 5.75 Å². The highest BCUT2D eigenvalue weighted by molar-refractivity contribution is 6.42. The summed E-state index contributed by atoms with van der Waals surface area (Å²) in [6.07, 6.45) is -3.66. The fourth-order valence-electron chi connectivity index (χ4n) is 4.68. The van der Waals surface area contributed by atoms with E-state index in [0.29, 0.717) is 37.4 Å². The molecule has 0 aliphatic carbocycles. The number of carbonyl (C=O) groups is 1. The number of benzene rings is 3. The van der Waals surface area contributed by atoms with Gasteiger partial charge >= 0.3 is 6.18 Å². The lowest BCUT2D eigenvalue weighted by Crippen LogP contribution is -2.37. The van der Waals surface area contributed by atoms with Crippen LogP contribution in [0.1, 0.15) is 29.9 Å². The Morgan fingerprint density at radius 2 is 1.74 bits per heavy atom. The Labute approximate surface area is 235 Å². The molecule has 1 fully saturated rings. The molecule has 1 heterocycles. The molecule has 0 aromatic heterocycles. The van der Waals surface area contributed by atoms with Crippen LogP contribution in [-0.4, -0.2) is 50.8 Å². The molecule has 5 nitrogen and oxygen atoms in total. The standard InChI is InChI=1S/C29H29Cl2F3N2O3/c1-38-27-16-20(9-10-21(27)19-6-3-2-4-7-19)22(8-5-11-36-12-14-39-15-13-36)28(37)35-26-18-25(31)24(30)17-23(26)29(32,33)34/h2-4,6-7,9-10,16-18,22H,5,8,11-15H2,1H3,(H,35,37). The van der Waals surface area contributed by atoms with Gasteiger partial charge in [-0.05, 0) is 48.7 Å². The minimum atomic E-state index is -4.73. The second-order valence-corrected chi connectivity index (χ2v) is 10.1. The maximum absolute atomic E-state index is 13.8. The van der Waals surface area contributed by atoms with E-state index in [9.17, 15) is 18.0 Å². The van der Waals surface area contributed by atoms with Gasteiger partial charge in [-0.15, -0.1) is 0 Å². The summed E-state index contributed by atoms with van der Waals surface area (Å²) in [6, 6.07) is 16.9. The Morgan fingerprint density at radius 1 is 1.05 bits per heavy atom. The number of anilines is 1. The number of amides is 1. The van der Waals surface area contributed by atoms with E-state index in [4.69, 9.17) is 32.7 Å². The van der Waals surface area contributed by atoms with Crippen LogP contribution in [0.2, 0.25) is 10.0 Å². The van der Waals surface area contributed by atoms with Crippen molar-refractivity contribution in [2.75, 3.05) is 45.3 Å². The zero-order valence-corrected chi connectivity index (χ0v) is 22.9. The number of nitrogens with one attached hydrogen (secondary N) is 1. The van der Waals surface area contributed by atoms with Crippen molar-refractivity contribution in [2.24, 2.45) is 0 Å². The molecule has 1 N–H and O–H groups in total. The van der Waals surface area contributed by atoms with Crippen molar-refractivity contribution in [1.29, 1.82) is 0 Å². The van der Waals surface area contributed by atoms with Crippen molar-refractivity contribution in [3.8, 4) is 16.9 Å². The lowest BCUT2D eigenvalue weighted by Gasteiger charge is -2.27. The van der Waals surface area contributed by atoms with Crippen LogP contribution in [0, 0.1) is 0 Å². The number of methoxy groups -OCH3 is 1. The first kappa shape index (κ1) is 29.2. The number of hydrogen-bond acceptors (Lipinski definition) is 4. The fourth-order valence-corrected chi connectivity index (χ4v) is 5.01. The van der Waals surface area contributed by atoms with Gasteiger partial charge in [0.2, 0.25) is 5.91 Å². The molecule has 1 amide bonds. The minimum Gasteiger partial charge on any atom is -0.496 e. The quantitative estimate of drug-likeness (QED) is 0.284.